The highest BCUT2D eigenvalue weighted by Crippen LogP contribution is 2.63. The van der Waals surface area contributed by atoms with Crippen LogP contribution in [0.5, 0.6) is 0 Å². The molecule has 1 saturated carbocycles. The van der Waals surface area contributed by atoms with Gasteiger partial charge in [-0.2, -0.15) is 0 Å². The fraction of sp³-hybridized carbons (Fsp3) is 0.500. The molecule has 2 heterocycles. The molecular formula is C14H17N3O4. The van der Waals surface area contributed by atoms with Crippen molar-refractivity contribution in [3.05, 3.63) is 23.2 Å². The number of aryl methyl sites for hydroxylation is 1. The number of imide groups is 1. The maximum absolute atomic E-state index is 12.2. The SMILES string of the molecule is Cc1cc(CN2C(=O)C3C(C2=O)C3(C)C)oc1C(=O)NN. The number of amides is 3. The van der Waals surface area contributed by atoms with Crippen LogP contribution in [0.25, 0.3) is 0 Å². The molecule has 2 unspecified atom stereocenters. The summed E-state index contributed by atoms with van der Waals surface area (Å²) in [5.74, 6) is 4.27. The van der Waals surface area contributed by atoms with Crippen LogP contribution in [-0.2, 0) is 16.1 Å². The van der Waals surface area contributed by atoms with E-state index in [0.29, 0.717) is 11.3 Å². The van der Waals surface area contributed by atoms with Crippen LogP contribution >= 0.6 is 0 Å². The molecule has 7 nitrogen and oxygen atoms in total. The molecule has 1 aromatic rings. The standard InChI is InChI=1S/C14H17N3O4/c1-6-4-7(21-10(6)11(18)16-15)5-17-12(19)8-9(13(17)20)14(8,2)3/h4,8-9H,5,15H2,1-3H3,(H,16,18). The van der Waals surface area contributed by atoms with Crippen molar-refractivity contribution in [3.8, 4) is 0 Å². The van der Waals surface area contributed by atoms with Gasteiger partial charge in [-0.15, -0.1) is 0 Å². The van der Waals surface area contributed by atoms with Crippen LogP contribution < -0.4 is 11.3 Å². The minimum atomic E-state index is -0.540. The first-order chi connectivity index (χ1) is 9.78. The van der Waals surface area contributed by atoms with Crippen LogP contribution in [-0.4, -0.2) is 22.6 Å². The van der Waals surface area contributed by atoms with Crippen molar-refractivity contribution in [2.45, 2.75) is 27.3 Å². The Bertz CT molecular complexity index is 637. The molecule has 1 aliphatic heterocycles. The number of piperidine rings is 1. The van der Waals surface area contributed by atoms with E-state index in [1.807, 2.05) is 19.3 Å². The third-order valence-corrected chi connectivity index (χ3v) is 4.51. The highest BCUT2D eigenvalue weighted by atomic mass is 16.4. The number of hydrazine groups is 1. The summed E-state index contributed by atoms with van der Waals surface area (Å²) >= 11 is 0. The molecular weight excluding hydrogens is 274 g/mol. The van der Waals surface area contributed by atoms with E-state index in [4.69, 9.17) is 10.3 Å². The number of carbonyl (C=O) groups excluding carboxylic acids is 3. The zero-order valence-corrected chi connectivity index (χ0v) is 12.1. The van der Waals surface area contributed by atoms with Crippen molar-refractivity contribution < 1.29 is 18.8 Å². The number of furan rings is 1. The number of hydrogen-bond acceptors (Lipinski definition) is 5. The highest BCUT2D eigenvalue weighted by molar-refractivity contribution is 6.10. The third-order valence-electron chi connectivity index (χ3n) is 4.51. The predicted molar refractivity (Wildman–Crippen MR) is 71.4 cm³/mol. The van der Waals surface area contributed by atoms with Gasteiger partial charge in [0.15, 0.2) is 5.76 Å². The average molecular weight is 291 g/mol. The lowest BCUT2D eigenvalue weighted by Gasteiger charge is -2.19. The zero-order chi connectivity index (χ0) is 15.5. The molecule has 1 aliphatic carbocycles. The summed E-state index contributed by atoms with van der Waals surface area (Å²) in [5.41, 5.74) is 2.37. The van der Waals surface area contributed by atoms with Crippen molar-refractivity contribution >= 4 is 17.7 Å². The van der Waals surface area contributed by atoms with Crippen LogP contribution in [0.1, 0.15) is 35.7 Å². The highest BCUT2D eigenvalue weighted by Gasteiger charge is 2.72. The lowest BCUT2D eigenvalue weighted by atomic mass is 10.1. The van der Waals surface area contributed by atoms with Crippen LogP contribution in [0.4, 0.5) is 0 Å². The van der Waals surface area contributed by atoms with E-state index in [0.717, 1.165) is 0 Å². The van der Waals surface area contributed by atoms with Crippen LogP contribution in [0, 0.1) is 24.2 Å². The fourth-order valence-electron chi connectivity index (χ4n) is 3.23. The second-order valence-corrected chi connectivity index (χ2v) is 6.24. The molecule has 2 aliphatic rings. The lowest BCUT2D eigenvalue weighted by molar-refractivity contribution is -0.144. The molecule has 0 aromatic carbocycles. The zero-order valence-electron chi connectivity index (χ0n) is 12.1. The Kier molecular flexibility index (Phi) is 2.75. The van der Waals surface area contributed by atoms with Crippen LogP contribution in [0.2, 0.25) is 0 Å². The largest absolute Gasteiger partial charge is 0.454 e. The van der Waals surface area contributed by atoms with Crippen molar-refractivity contribution in [2.24, 2.45) is 23.1 Å². The average Bonchev–Trinajstić information content (AvgIpc) is 2.67. The van der Waals surface area contributed by atoms with Gasteiger partial charge in [-0.05, 0) is 18.4 Å². The van der Waals surface area contributed by atoms with Gasteiger partial charge >= 0.3 is 5.91 Å². The first-order valence-corrected chi connectivity index (χ1v) is 6.74. The maximum Gasteiger partial charge on any atom is 0.301 e. The van der Waals surface area contributed by atoms with Crippen molar-refractivity contribution in [1.82, 2.24) is 10.3 Å². The molecule has 0 radical (unpaired) electrons. The molecule has 3 amide bonds. The summed E-state index contributed by atoms with van der Waals surface area (Å²) < 4.78 is 5.39. The first kappa shape index (κ1) is 13.8. The van der Waals surface area contributed by atoms with E-state index in [9.17, 15) is 14.4 Å². The molecule has 112 valence electrons. The fourth-order valence-corrected chi connectivity index (χ4v) is 3.23. The number of carbonyl (C=O) groups is 3. The molecule has 2 atom stereocenters. The summed E-state index contributed by atoms with van der Waals surface area (Å²) in [5, 5.41) is 0. The molecule has 3 rings (SSSR count). The molecule has 1 aromatic heterocycles. The van der Waals surface area contributed by atoms with Gasteiger partial charge in [0.2, 0.25) is 11.8 Å². The molecule has 2 fully saturated rings. The Labute approximate surface area is 121 Å². The number of nitrogens with one attached hydrogen (secondary N) is 1. The van der Waals surface area contributed by atoms with E-state index in [-0.39, 0.29) is 41.4 Å². The number of rotatable bonds is 3. The second-order valence-electron chi connectivity index (χ2n) is 6.24. The number of hydrogen-bond donors (Lipinski definition) is 2. The number of nitrogens with zero attached hydrogens (tertiary/aromatic N) is 1. The normalized spacial score (nSPS) is 26.0. The van der Waals surface area contributed by atoms with E-state index in [1.165, 1.54) is 4.90 Å². The molecule has 1 saturated heterocycles. The summed E-state index contributed by atoms with van der Waals surface area (Å²) in [4.78, 5) is 37.1. The van der Waals surface area contributed by atoms with Gasteiger partial charge < -0.3 is 4.42 Å². The molecule has 0 spiro atoms. The van der Waals surface area contributed by atoms with Crippen molar-refractivity contribution in [2.75, 3.05) is 0 Å². The first-order valence-electron chi connectivity index (χ1n) is 6.74. The predicted octanol–water partition coefficient (Wildman–Crippen LogP) is 0.333. The van der Waals surface area contributed by atoms with Crippen molar-refractivity contribution in [3.63, 3.8) is 0 Å². The Balaban J connectivity index is 1.79. The quantitative estimate of drug-likeness (QED) is 0.361. The maximum atomic E-state index is 12.2. The number of likely N-dealkylation sites (tertiary alicyclic amines) is 1. The minimum Gasteiger partial charge on any atom is -0.454 e. The van der Waals surface area contributed by atoms with Gasteiger partial charge in [0.1, 0.15) is 5.76 Å². The Morgan fingerprint density at radius 1 is 1.38 bits per heavy atom. The van der Waals surface area contributed by atoms with E-state index in [2.05, 4.69) is 0 Å². The van der Waals surface area contributed by atoms with E-state index >= 15 is 0 Å². The molecule has 7 heteroatoms. The van der Waals surface area contributed by atoms with E-state index < -0.39 is 5.91 Å². The molecule has 0 bridgehead atoms. The Hall–Kier alpha value is -2.15. The summed E-state index contributed by atoms with van der Waals surface area (Å²) in [6.07, 6.45) is 0. The van der Waals surface area contributed by atoms with Gasteiger partial charge in [-0.1, -0.05) is 13.8 Å². The van der Waals surface area contributed by atoms with Gasteiger partial charge in [0, 0.05) is 5.56 Å². The van der Waals surface area contributed by atoms with E-state index in [1.54, 1.807) is 13.0 Å². The second kappa shape index (κ2) is 4.17. The Morgan fingerprint density at radius 3 is 2.48 bits per heavy atom. The lowest BCUT2D eigenvalue weighted by Crippen LogP contribution is -2.35. The summed E-state index contributed by atoms with van der Waals surface area (Å²) in [7, 11) is 0. The monoisotopic (exact) mass is 291 g/mol. The smallest absolute Gasteiger partial charge is 0.301 e. The van der Waals surface area contributed by atoms with Gasteiger partial charge in [-0.3, -0.25) is 24.7 Å². The minimum absolute atomic E-state index is 0.0550. The summed E-state index contributed by atoms with van der Waals surface area (Å²) in [6.45, 7) is 5.61. The van der Waals surface area contributed by atoms with Crippen LogP contribution in [0.15, 0.2) is 10.5 Å². The number of fused-ring (bicyclic) bond motifs is 1. The van der Waals surface area contributed by atoms with Crippen LogP contribution in [0.3, 0.4) is 0 Å². The molecule has 3 N–H and O–H groups in total. The van der Waals surface area contributed by atoms with Gasteiger partial charge in [0.05, 0.1) is 18.4 Å². The molecule has 21 heavy (non-hydrogen) atoms. The number of nitrogen functional groups attached to an aromatic ring is 1. The number of nitrogens with two attached hydrogens (primary N) is 1. The Morgan fingerprint density at radius 2 is 1.95 bits per heavy atom. The summed E-state index contributed by atoms with van der Waals surface area (Å²) in [6, 6.07) is 1.64. The van der Waals surface area contributed by atoms with Crippen molar-refractivity contribution in [1.29, 1.82) is 0 Å². The topological polar surface area (TPSA) is 106 Å². The van der Waals surface area contributed by atoms with Gasteiger partial charge in [0.25, 0.3) is 0 Å². The third kappa shape index (κ3) is 1.80. The van der Waals surface area contributed by atoms with Gasteiger partial charge in [-0.25, -0.2) is 5.84 Å².